The molecule has 1 N–H and O–H groups in total. The van der Waals surface area contributed by atoms with Gasteiger partial charge in [-0.15, -0.1) is 0 Å². The smallest absolute Gasteiger partial charge is 0.334 e. The molecule has 0 spiro atoms. The van der Waals surface area contributed by atoms with Gasteiger partial charge in [0.25, 0.3) is 0 Å². The second-order valence-electron chi connectivity index (χ2n) is 6.68. The first-order chi connectivity index (χ1) is 14.2. The molecule has 142 valence electrons. The van der Waals surface area contributed by atoms with Crippen LogP contribution in [0.2, 0.25) is 0 Å². The van der Waals surface area contributed by atoms with Crippen LogP contribution in [-0.2, 0) is 6.42 Å². The fraction of sp³-hybridized carbons (Fsp3) is 0.0952. The maximum Gasteiger partial charge on any atom is 0.354 e. The third-order valence-electron chi connectivity index (χ3n) is 5.03. The van der Waals surface area contributed by atoms with E-state index in [9.17, 15) is 10.1 Å². The lowest BCUT2D eigenvalue weighted by Gasteiger charge is -2.19. The number of hydrogen-bond acceptors (Lipinski definition) is 7. The molecule has 0 radical (unpaired) electrons. The summed E-state index contributed by atoms with van der Waals surface area (Å²) in [5, 5.41) is 16.0. The van der Waals surface area contributed by atoms with Crippen molar-refractivity contribution in [3.05, 3.63) is 82.8 Å². The second-order valence-corrected chi connectivity index (χ2v) is 6.68. The van der Waals surface area contributed by atoms with Crippen molar-refractivity contribution in [1.29, 1.82) is 0 Å². The number of anilines is 4. The van der Waals surface area contributed by atoms with Crippen molar-refractivity contribution < 1.29 is 4.92 Å². The zero-order valence-electron chi connectivity index (χ0n) is 15.3. The second kappa shape index (κ2) is 6.83. The maximum atomic E-state index is 12.0. The summed E-state index contributed by atoms with van der Waals surface area (Å²) in [5.74, 6) is 0.441. The Morgan fingerprint density at radius 2 is 1.90 bits per heavy atom. The van der Waals surface area contributed by atoms with E-state index in [2.05, 4.69) is 20.3 Å². The van der Waals surface area contributed by atoms with Gasteiger partial charge < -0.3 is 10.2 Å². The van der Waals surface area contributed by atoms with Crippen LogP contribution in [-0.4, -0.2) is 26.4 Å². The van der Waals surface area contributed by atoms with Crippen molar-refractivity contribution in [2.45, 2.75) is 6.42 Å². The molecule has 0 aliphatic carbocycles. The highest BCUT2D eigenvalue weighted by Crippen LogP contribution is 2.41. The predicted octanol–water partition coefficient (Wildman–Crippen LogP) is 4.37. The largest absolute Gasteiger partial charge is 0.354 e. The molecule has 8 nitrogen and oxygen atoms in total. The van der Waals surface area contributed by atoms with Gasteiger partial charge in [-0.25, -0.2) is 9.97 Å². The van der Waals surface area contributed by atoms with E-state index in [0.29, 0.717) is 12.2 Å². The van der Waals surface area contributed by atoms with Gasteiger partial charge in [0.2, 0.25) is 11.6 Å². The Balaban J connectivity index is 1.62. The van der Waals surface area contributed by atoms with Crippen LogP contribution in [0, 0.1) is 10.1 Å². The molecular formula is C21H16N6O2. The Morgan fingerprint density at radius 1 is 1.00 bits per heavy atom. The monoisotopic (exact) mass is 384 g/mol. The molecule has 2 aromatic carbocycles. The molecule has 29 heavy (non-hydrogen) atoms. The zero-order valence-corrected chi connectivity index (χ0v) is 15.3. The van der Waals surface area contributed by atoms with Crippen molar-refractivity contribution in [2.75, 3.05) is 16.8 Å². The van der Waals surface area contributed by atoms with Crippen LogP contribution in [0.25, 0.3) is 10.9 Å². The minimum atomic E-state index is -0.429. The minimum Gasteiger partial charge on any atom is -0.334 e. The van der Waals surface area contributed by atoms with Gasteiger partial charge in [0.1, 0.15) is 6.33 Å². The van der Waals surface area contributed by atoms with Crippen LogP contribution in [0.3, 0.4) is 0 Å². The summed E-state index contributed by atoms with van der Waals surface area (Å²) in [5.41, 5.74) is 3.43. The van der Waals surface area contributed by atoms with E-state index in [4.69, 9.17) is 0 Å². The number of nitrogens with zero attached hydrogens (tertiary/aromatic N) is 5. The first kappa shape index (κ1) is 17.1. The van der Waals surface area contributed by atoms with Gasteiger partial charge in [-0.05, 0) is 42.3 Å². The van der Waals surface area contributed by atoms with Crippen LogP contribution < -0.4 is 10.2 Å². The van der Waals surface area contributed by atoms with Crippen molar-refractivity contribution in [2.24, 2.45) is 0 Å². The Kier molecular flexibility index (Phi) is 4.02. The fourth-order valence-electron chi connectivity index (χ4n) is 3.72. The number of aromatic nitrogens is 3. The van der Waals surface area contributed by atoms with Gasteiger partial charge >= 0.3 is 5.69 Å². The summed E-state index contributed by atoms with van der Waals surface area (Å²) in [4.78, 5) is 26.2. The number of rotatable bonds is 4. The maximum absolute atomic E-state index is 12.0. The Hall–Kier alpha value is -4.07. The Bertz CT molecular complexity index is 1240. The van der Waals surface area contributed by atoms with Gasteiger partial charge in [0.15, 0.2) is 0 Å². The van der Waals surface area contributed by atoms with E-state index in [1.54, 1.807) is 6.20 Å². The molecule has 3 heterocycles. The van der Waals surface area contributed by atoms with Crippen molar-refractivity contribution in [3.8, 4) is 0 Å². The molecule has 4 aromatic rings. The lowest BCUT2D eigenvalue weighted by molar-refractivity contribution is -0.383. The number of nitro groups is 1. The van der Waals surface area contributed by atoms with Gasteiger partial charge in [-0.2, -0.15) is 0 Å². The molecule has 5 rings (SSSR count). The van der Waals surface area contributed by atoms with Crippen LogP contribution in [0.4, 0.5) is 28.7 Å². The van der Waals surface area contributed by atoms with Crippen molar-refractivity contribution >= 4 is 39.6 Å². The molecule has 8 heteroatoms. The van der Waals surface area contributed by atoms with E-state index >= 15 is 0 Å². The highest BCUT2D eigenvalue weighted by molar-refractivity contribution is 5.94. The number of nitrogens with one attached hydrogen (secondary N) is 1. The van der Waals surface area contributed by atoms with Crippen LogP contribution >= 0.6 is 0 Å². The summed E-state index contributed by atoms with van der Waals surface area (Å²) in [6.45, 7) is 0.634. The normalized spacial score (nSPS) is 12.8. The standard InChI is InChI=1S/C21H16N6O2/c28-27(29)19-20(25-17-8-3-7-16-15(17)6-4-11-22-16)23-13-24-21(19)26-12-10-14-5-1-2-9-18(14)26/h1-9,11,13H,10,12H2,(H,23,24,25). The molecule has 2 aromatic heterocycles. The van der Waals surface area contributed by atoms with Gasteiger partial charge in [0, 0.05) is 29.5 Å². The molecule has 0 unspecified atom stereocenters. The first-order valence-electron chi connectivity index (χ1n) is 9.18. The lowest BCUT2D eigenvalue weighted by Crippen LogP contribution is -2.17. The first-order valence-corrected chi connectivity index (χ1v) is 9.18. The van der Waals surface area contributed by atoms with E-state index in [-0.39, 0.29) is 17.3 Å². The molecule has 0 saturated heterocycles. The third-order valence-corrected chi connectivity index (χ3v) is 5.03. The zero-order chi connectivity index (χ0) is 19.8. The molecule has 1 aliphatic rings. The van der Waals surface area contributed by atoms with E-state index in [0.717, 1.165) is 28.6 Å². The topological polar surface area (TPSA) is 97.1 Å². The Labute approximate surface area is 166 Å². The van der Waals surface area contributed by atoms with Gasteiger partial charge in [-0.1, -0.05) is 24.3 Å². The van der Waals surface area contributed by atoms with Crippen LogP contribution in [0.5, 0.6) is 0 Å². The molecular weight excluding hydrogens is 368 g/mol. The fourth-order valence-corrected chi connectivity index (χ4v) is 3.72. The van der Waals surface area contributed by atoms with E-state index in [1.807, 2.05) is 59.5 Å². The average Bonchev–Trinajstić information content (AvgIpc) is 3.18. The Morgan fingerprint density at radius 3 is 2.79 bits per heavy atom. The number of para-hydroxylation sites is 1. The van der Waals surface area contributed by atoms with E-state index in [1.165, 1.54) is 6.33 Å². The highest BCUT2D eigenvalue weighted by atomic mass is 16.6. The third kappa shape index (κ3) is 2.91. The predicted molar refractivity (Wildman–Crippen MR) is 111 cm³/mol. The van der Waals surface area contributed by atoms with Crippen LogP contribution in [0.1, 0.15) is 5.56 Å². The SMILES string of the molecule is O=[N+]([O-])c1c(Nc2cccc3ncccc23)ncnc1N1CCc2ccccc21. The number of benzene rings is 2. The van der Waals surface area contributed by atoms with Crippen molar-refractivity contribution in [3.63, 3.8) is 0 Å². The summed E-state index contributed by atoms with van der Waals surface area (Å²) in [7, 11) is 0. The van der Waals surface area contributed by atoms with Crippen molar-refractivity contribution in [1.82, 2.24) is 15.0 Å². The summed E-state index contributed by atoms with van der Waals surface area (Å²) in [6.07, 6.45) is 3.88. The summed E-state index contributed by atoms with van der Waals surface area (Å²) < 4.78 is 0. The number of fused-ring (bicyclic) bond motifs is 2. The quantitative estimate of drug-likeness (QED) is 0.412. The molecule has 0 bridgehead atoms. The number of pyridine rings is 1. The van der Waals surface area contributed by atoms with Gasteiger partial charge in [-0.3, -0.25) is 15.1 Å². The van der Waals surface area contributed by atoms with Crippen LogP contribution in [0.15, 0.2) is 67.1 Å². The molecule has 1 aliphatic heterocycles. The lowest BCUT2D eigenvalue weighted by atomic mass is 10.2. The molecule has 0 saturated carbocycles. The molecule has 0 amide bonds. The van der Waals surface area contributed by atoms with Gasteiger partial charge in [0.05, 0.1) is 10.4 Å². The highest BCUT2D eigenvalue weighted by Gasteiger charge is 2.31. The molecule has 0 atom stereocenters. The molecule has 0 fully saturated rings. The minimum absolute atomic E-state index is 0.148. The average molecular weight is 384 g/mol. The summed E-state index contributed by atoms with van der Waals surface area (Å²) in [6, 6.07) is 17.2. The number of hydrogen-bond donors (Lipinski definition) is 1. The summed E-state index contributed by atoms with van der Waals surface area (Å²) >= 11 is 0. The van der Waals surface area contributed by atoms with E-state index < -0.39 is 4.92 Å².